The van der Waals surface area contributed by atoms with Gasteiger partial charge in [0.15, 0.2) is 0 Å². The molecule has 0 bridgehead atoms. The summed E-state index contributed by atoms with van der Waals surface area (Å²) < 4.78 is 2.31. The number of aryl methyl sites for hydroxylation is 1. The number of carbonyl (C=O) groups is 1. The van der Waals surface area contributed by atoms with Gasteiger partial charge in [-0.2, -0.15) is 0 Å². The summed E-state index contributed by atoms with van der Waals surface area (Å²) in [4.78, 5) is 12.0. The van der Waals surface area contributed by atoms with Crippen LogP contribution < -0.4 is 5.32 Å². The molecule has 0 atom stereocenters. The standard InChI is InChI=1S/C14H22N2O/c1-4-5-8-15-14(17)13-9-10(2)16(11(13)3)12-6-7-12/h9,12H,4-8H2,1-3H3,(H,15,17). The van der Waals surface area contributed by atoms with Gasteiger partial charge in [-0.05, 0) is 39.2 Å². The monoisotopic (exact) mass is 234 g/mol. The molecular formula is C14H22N2O. The lowest BCUT2D eigenvalue weighted by Crippen LogP contribution is -2.24. The largest absolute Gasteiger partial charge is 0.352 e. The number of hydrogen-bond acceptors (Lipinski definition) is 1. The topological polar surface area (TPSA) is 34.0 Å². The smallest absolute Gasteiger partial charge is 0.253 e. The molecule has 1 N–H and O–H groups in total. The van der Waals surface area contributed by atoms with Crippen molar-refractivity contribution in [2.24, 2.45) is 0 Å². The first-order chi connectivity index (χ1) is 8.15. The number of amides is 1. The molecular weight excluding hydrogens is 212 g/mol. The molecule has 1 aromatic heterocycles. The average molecular weight is 234 g/mol. The van der Waals surface area contributed by atoms with Gasteiger partial charge < -0.3 is 9.88 Å². The van der Waals surface area contributed by atoms with Crippen molar-refractivity contribution in [2.45, 2.75) is 52.5 Å². The second kappa shape index (κ2) is 4.94. The number of hydrogen-bond donors (Lipinski definition) is 1. The van der Waals surface area contributed by atoms with E-state index in [0.717, 1.165) is 30.6 Å². The third-order valence-corrected chi connectivity index (χ3v) is 3.46. The molecule has 94 valence electrons. The first-order valence-electron chi connectivity index (χ1n) is 6.61. The summed E-state index contributed by atoms with van der Waals surface area (Å²) >= 11 is 0. The Balaban J connectivity index is 2.10. The van der Waals surface area contributed by atoms with Crippen LogP contribution in [0.15, 0.2) is 6.07 Å². The number of aromatic nitrogens is 1. The summed E-state index contributed by atoms with van der Waals surface area (Å²) in [7, 11) is 0. The van der Waals surface area contributed by atoms with E-state index in [9.17, 15) is 4.79 Å². The lowest BCUT2D eigenvalue weighted by Gasteiger charge is -2.08. The predicted octanol–water partition coefficient (Wildman–Crippen LogP) is 2.97. The average Bonchev–Trinajstić information content (AvgIpc) is 3.06. The zero-order chi connectivity index (χ0) is 12.4. The predicted molar refractivity (Wildman–Crippen MR) is 69.4 cm³/mol. The third kappa shape index (κ3) is 2.54. The maximum atomic E-state index is 12.0. The van der Waals surface area contributed by atoms with Crippen molar-refractivity contribution in [3.63, 3.8) is 0 Å². The summed E-state index contributed by atoms with van der Waals surface area (Å²) in [6.45, 7) is 7.06. The summed E-state index contributed by atoms with van der Waals surface area (Å²) in [5, 5.41) is 2.99. The van der Waals surface area contributed by atoms with Crippen LogP contribution >= 0.6 is 0 Å². The van der Waals surface area contributed by atoms with Gasteiger partial charge >= 0.3 is 0 Å². The van der Waals surface area contributed by atoms with Crippen molar-refractivity contribution >= 4 is 5.91 Å². The number of nitrogens with one attached hydrogen (secondary N) is 1. The van der Waals surface area contributed by atoms with E-state index in [1.54, 1.807) is 0 Å². The van der Waals surface area contributed by atoms with Crippen LogP contribution in [-0.2, 0) is 0 Å². The SMILES string of the molecule is CCCCNC(=O)c1cc(C)n(C2CC2)c1C. The molecule has 3 heteroatoms. The zero-order valence-electron chi connectivity index (χ0n) is 11.0. The van der Waals surface area contributed by atoms with Gasteiger partial charge in [-0.1, -0.05) is 13.3 Å². The van der Waals surface area contributed by atoms with Crippen LogP contribution in [0.4, 0.5) is 0 Å². The highest BCUT2D eigenvalue weighted by molar-refractivity contribution is 5.95. The van der Waals surface area contributed by atoms with Gasteiger partial charge in [-0.3, -0.25) is 4.79 Å². The third-order valence-electron chi connectivity index (χ3n) is 3.46. The molecule has 0 unspecified atom stereocenters. The van der Waals surface area contributed by atoms with Crippen LogP contribution in [0.3, 0.4) is 0 Å². The highest BCUT2D eigenvalue weighted by atomic mass is 16.1. The summed E-state index contributed by atoms with van der Waals surface area (Å²) in [6.07, 6.45) is 4.68. The van der Waals surface area contributed by atoms with Gasteiger partial charge in [-0.25, -0.2) is 0 Å². The molecule has 17 heavy (non-hydrogen) atoms. The van der Waals surface area contributed by atoms with Crippen molar-refractivity contribution in [3.05, 3.63) is 23.0 Å². The molecule has 0 saturated heterocycles. The van der Waals surface area contributed by atoms with Crippen molar-refractivity contribution in [1.29, 1.82) is 0 Å². The van der Waals surface area contributed by atoms with Crippen LogP contribution in [0.5, 0.6) is 0 Å². The Bertz CT molecular complexity index is 416. The maximum absolute atomic E-state index is 12.0. The fourth-order valence-electron chi connectivity index (χ4n) is 2.38. The Morgan fingerprint density at radius 2 is 2.18 bits per heavy atom. The van der Waals surface area contributed by atoms with Gasteiger partial charge in [-0.15, -0.1) is 0 Å². The van der Waals surface area contributed by atoms with E-state index in [2.05, 4.69) is 30.7 Å². The van der Waals surface area contributed by atoms with Crippen molar-refractivity contribution < 1.29 is 4.79 Å². The zero-order valence-corrected chi connectivity index (χ0v) is 11.0. The van der Waals surface area contributed by atoms with Crippen LogP contribution in [0, 0.1) is 13.8 Å². The van der Waals surface area contributed by atoms with Crippen molar-refractivity contribution in [3.8, 4) is 0 Å². The van der Waals surface area contributed by atoms with E-state index in [1.165, 1.54) is 18.5 Å². The first-order valence-corrected chi connectivity index (χ1v) is 6.61. The summed E-state index contributed by atoms with van der Waals surface area (Å²) in [6, 6.07) is 2.67. The molecule has 1 amide bonds. The molecule has 1 heterocycles. The van der Waals surface area contributed by atoms with E-state index < -0.39 is 0 Å². The Morgan fingerprint density at radius 1 is 1.47 bits per heavy atom. The van der Waals surface area contributed by atoms with E-state index in [1.807, 2.05) is 6.07 Å². The Kier molecular flexibility index (Phi) is 3.55. The van der Waals surface area contributed by atoms with Gasteiger partial charge in [0.25, 0.3) is 5.91 Å². The lowest BCUT2D eigenvalue weighted by atomic mass is 10.2. The van der Waals surface area contributed by atoms with E-state index in [-0.39, 0.29) is 5.91 Å². The number of nitrogens with zero attached hydrogens (tertiary/aromatic N) is 1. The Hall–Kier alpha value is -1.25. The number of carbonyl (C=O) groups excluding carboxylic acids is 1. The van der Waals surface area contributed by atoms with Crippen LogP contribution in [-0.4, -0.2) is 17.0 Å². The number of unbranched alkanes of at least 4 members (excludes halogenated alkanes) is 1. The van der Waals surface area contributed by atoms with Crippen molar-refractivity contribution in [2.75, 3.05) is 6.54 Å². The van der Waals surface area contributed by atoms with Crippen LogP contribution in [0.2, 0.25) is 0 Å². The summed E-state index contributed by atoms with van der Waals surface area (Å²) in [5.74, 6) is 0.0819. The van der Waals surface area contributed by atoms with Crippen LogP contribution in [0.25, 0.3) is 0 Å². The normalized spacial score (nSPS) is 15.0. The second-order valence-corrected chi connectivity index (χ2v) is 5.00. The minimum absolute atomic E-state index is 0.0819. The molecule has 1 saturated carbocycles. The lowest BCUT2D eigenvalue weighted by molar-refractivity contribution is 0.0952. The van der Waals surface area contributed by atoms with Crippen molar-refractivity contribution in [1.82, 2.24) is 9.88 Å². The van der Waals surface area contributed by atoms with E-state index in [0.29, 0.717) is 6.04 Å². The minimum Gasteiger partial charge on any atom is -0.352 e. The quantitative estimate of drug-likeness (QED) is 0.781. The molecule has 2 rings (SSSR count). The van der Waals surface area contributed by atoms with Gasteiger partial charge in [0.05, 0.1) is 5.56 Å². The molecule has 0 spiro atoms. The van der Waals surface area contributed by atoms with Gasteiger partial charge in [0.1, 0.15) is 0 Å². The molecule has 1 aliphatic carbocycles. The minimum atomic E-state index is 0.0819. The fraction of sp³-hybridized carbons (Fsp3) is 0.643. The van der Waals surface area contributed by atoms with Crippen LogP contribution in [0.1, 0.15) is 60.4 Å². The van der Waals surface area contributed by atoms with Gasteiger partial charge in [0.2, 0.25) is 0 Å². The van der Waals surface area contributed by atoms with E-state index in [4.69, 9.17) is 0 Å². The maximum Gasteiger partial charge on any atom is 0.253 e. The number of rotatable bonds is 5. The molecule has 3 nitrogen and oxygen atoms in total. The first kappa shape index (κ1) is 12.2. The fourth-order valence-corrected chi connectivity index (χ4v) is 2.38. The molecule has 0 radical (unpaired) electrons. The summed E-state index contributed by atoms with van der Waals surface area (Å²) in [5.41, 5.74) is 3.19. The van der Waals surface area contributed by atoms with Gasteiger partial charge in [0, 0.05) is 24.0 Å². The Labute approximate surface area is 103 Å². The highest BCUT2D eigenvalue weighted by Gasteiger charge is 2.28. The second-order valence-electron chi connectivity index (χ2n) is 5.00. The highest BCUT2D eigenvalue weighted by Crippen LogP contribution is 2.38. The molecule has 1 aromatic rings. The molecule has 0 aromatic carbocycles. The molecule has 1 fully saturated rings. The molecule has 0 aliphatic heterocycles. The Morgan fingerprint density at radius 3 is 2.76 bits per heavy atom. The molecule has 1 aliphatic rings. The van der Waals surface area contributed by atoms with E-state index >= 15 is 0 Å².